The lowest BCUT2D eigenvalue weighted by Gasteiger charge is -2.16. The minimum Gasteiger partial charge on any atom is -0.382 e. The van der Waals surface area contributed by atoms with Gasteiger partial charge in [-0.25, -0.2) is 4.39 Å². The maximum absolute atomic E-state index is 13.5. The molecule has 0 amide bonds. The van der Waals surface area contributed by atoms with Crippen LogP contribution in [-0.2, 0) is 6.42 Å². The molecule has 3 aromatic rings. The van der Waals surface area contributed by atoms with Crippen molar-refractivity contribution in [2.75, 3.05) is 11.9 Å². The van der Waals surface area contributed by atoms with E-state index in [1.807, 2.05) is 18.2 Å². The normalized spacial score (nSPS) is 16.0. The van der Waals surface area contributed by atoms with Crippen LogP contribution in [-0.4, -0.2) is 18.3 Å². The van der Waals surface area contributed by atoms with Gasteiger partial charge in [-0.05, 0) is 79.4 Å². The van der Waals surface area contributed by atoms with Crippen molar-refractivity contribution in [3.63, 3.8) is 0 Å². The Morgan fingerprint density at radius 2 is 1.75 bits per heavy atom. The van der Waals surface area contributed by atoms with E-state index < -0.39 is 0 Å². The number of aryl methyl sites for hydroxylation is 2. The van der Waals surface area contributed by atoms with Gasteiger partial charge in [-0.1, -0.05) is 29.8 Å². The molecule has 3 aromatic carbocycles. The third-order valence-electron chi connectivity index (χ3n) is 5.28. The van der Waals surface area contributed by atoms with Crippen molar-refractivity contribution >= 4 is 23.0 Å². The van der Waals surface area contributed by atoms with Gasteiger partial charge in [0.2, 0.25) is 0 Å². The summed E-state index contributed by atoms with van der Waals surface area (Å²) in [5.41, 5.74) is 7.57. The van der Waals surface area contributed by atoms with Crippen molar-refractivity contribution in [1.82, 2.24) is 0 Å². The molecule has 0 saturated heterocycles. The van der Waals surface area contributed by atoms with Crippen molar-refractivity contribution < 1.29 is 4.39 Å². The number of benzodiazepines with no additional fused rings is 1. The van der Waals surface area contributed by atoms with E-state index in [2.05, 4.69) is 37.4 Å². The summed E-state index contributed by atoms with van der Waals surface area (Å²) in [7, 11) is 0. The zero-order valence-corrected chi connectivity index (χ0v) is 16.7. The van der Waals surface area contributed by atoms with Gasteiger partial charge < -0.3 is 5.32 Å². The van der Waals surface area contributed by atoms with Crippen molar-refractivity contribution in [2.24, 2.45) is 4.99 Å². The first-order valence-corrected chi connectivity index (χ1v) is 9.81. The van der Waals surface area contributed by atoms with Gasteiger partial charge in [-0.2, -0.15) is 0 Å². The molecule has 28 heavy (non-hydrogen) atoms. The third-order valence-corrected chi connectivity index (χ3v) is 5.51. The van der Waals surface area contributed by atoms with Gasteiger partial charge in [0.15, 0.2) is 0 Å². The Morgan fingerprint density at radius 1 is 1.04 bits per heavy atom. The van der Waals surface area contributed by atoms with Crippen LogP contribution >= 0.6 is 11.6 Å². The second-order valence-electron chi connectivity index (χ2n) is 7.28. The number of benzene rings is 3. The van der Waals surface area contributed by atoms with Crippen LogP contribution in [0.2, 0.25) is 5.02 Å². The second-order valence-corrected chi connectivity index (χ2v) is 7.72. The molecule has 0 radical (unpaired) electrons. The molecular formula is C24H22ClFN2. The summed E-state index contributed by atoms with van der Waals surface area (Å²) >= 11 is 6.27. The van der Waals surface area contributed by atoms with Crippen molar-refractivity contribution in [2.45, 2.75) is 26.3 Å². The van der Waals surface area contributed by atoms with E-state index in [0.29, 0.717) is 5.02 Å². The largest absolute Gasteiger partial charge is 0.382 e. The number of aliphatic imine (C=N–C) groups is 1. The summed E-state index contributed by atoms with van der Waals surface area (Å²) in [5.74, 6) is -0.255. The first kappa shape index (κ1) is 18.7. The van der Waals surface area contributed by atoms with Crippen LogP contribution in [0.5, 0.6) is 0 Å². The minimum atomic E-state index is -0.255. The van der Waals surface area contributed by atoms with Gasteiger partial charge >= 0.3 is 0 Å². The Morgan fingerprint density at radius 3 is 2.46 bits per heavy atom. The summed E-state index contributed by atoms with van der Waals surface area (Å²) in [4.78, 5) is 5.11. The Bertz CT molecular complexity index is 1020. The van der Waals surface area contributed by atoms with E-state index in [-0.39, 0.29) is 11.9 Å². The molecule has 1 N–H and O–H groups in total. The summed E-state index contributed by atoms with van der Waals surface area (Å²) in [6.45, 7) is 5.02. The van der Waals surface area contributed by atoms with Crippen molar-refractivity contribution in [3.05, 3.63) is 99.3 Å². The Balaban J connectivity index is 1.79. The van der Waals surface area contributed by atoms with E-state index in [9.17, 15) is 4.39 Å². The van der Waals surface area contributed by atoms with Crippen LogP contribution in [0.15, 0.2) is 65.7 Å². The second kappa shape index (κ2) is 7.76. The summed E-state index contributed by atoms with van der Waals surface area (Å²) in [6.07, 6.45) is 0.845. The minimum absolute atomic E-state index is 0.0611. The number of nitrogens with one attached hydrogen (secondary N) is 1. The van der Waals surface area contributed by atoms with Gasteiger partial charge in [-0.3, -0.25) is 4.99 Å². The highest BCUT2D eigenvalue weighted by Gasteiger charge is 2.21. The quantitative estimate of drug-likeness (QED) is 0.583. The number of halogens is 2. The maximum Gasteiger partial charge on any atom is 0.123 e. The topological polar surface area (TPSA) is 24.4 Å². The number of hydrogen-bond donors (Lipinski definition) is 1. The van der Waals surface area contributed by atoms with Gasteiger partial charge in [0.05, 0.1) is 11.8 Å². The van der Waals surface area contributed by atoms with Gasteiger partial charge in [0, 0.05) is 28.4 Å². The fourth-order valence-electron chi connectivity index (χ4n) is 3.75. The molecular weight excluding hydrogens is 371 g/mol. The first-order chi connectivity index (χ1) is 13.5. The lowest BCUT2D eigenvalue weighted by atomic mass is 9.96. The van der Waals surface area contributed by atoms with Crippen LogP contribution in [0.25, 0.3) is 0 Å². The van der Waals surface area contributed by atoms with E-state index in [1.165, 1.54) is 28.8 Å². The number of hydrogen-bond acceptors (Lipinski definition) is 2. The van der Waals surface area contributed by atoms with E-state index >= 15 is 0 Å². The summed E-state index contributed by atoms with van der Waals surface area (Å²) in [6, 6.07) is 18.7. The molecule has 4 heteroatoms. The Kier molecular flexibility index (Phi) is 5.19. The van der Waals surface area contributed by atoms with Crippen LogP contribution in [0, 0.1) is 19.7 Å². The summed E-state index contributed by atoms with van der Waals surface area (Å²) < 4.78 is 13.5. The smallest absolute Gasteiger partial charge is 0.123 e. The predicted molar refractivity (Wildman–Crippen MR) is 115 cm³/mol. The molecule has 0 fully saturated rings. The molecule has 0 saturated carbocycles. The van der Waals surface area contributed by atoms with E-state index in [0.717, 1.165) is 35.5 Å². The van der Waals surface area contributed by atoms with Crippen LogP contribution in [0.3, 0.4) is 0 Å². The number of rotatable bonds is 3. The zero-order chi connectivity index (χ0) is 19.7. The molecule has 0 aromatic heterocycles. The number of anilines is 1. The van der Waals surface area contributed by atoms with Crippen LogP contribution in [0.1, 0.15) is 27.8 Å². The van der Waals surface area contributed by atoms with Crippen LogP contribution in [0.4, 0.5) is 10.1 Å². The number of nitrogens with zero attached hydrogens (tertiary/aromatic N) is 1. The highest BCUT2D eigenvalue weighted by Crippen LogP contribution is 2.28. The Hall–Kier alpha value is -2.65. The average Bonchev–Trinajstić information content (AvgIpc) is 2.85. The molecule has 0 bridgehead atoms. The maximum atomic E-state index is 13.5. The first-order valence-electron chi connectivity index (χ1n) is 9.44. The van der Waals surface area contributed by atoms with Gasteiger partial charge in [-0.15, -0.1) is 0 Å². The molecule has 4 rings (SSSR count). The monoisotopic (exact) mass is 392 g/mol. The molecule has 1 atom stereocenters. The molecule has 142 valence electrons. The average molecular weight is 393 g/mol. The van der Waals surface area contributed by atoms with E-state index in [4.69, 9.17) is 16.6 Å². The molecule has 0 spiro atoms. The Labute approximate surface area is 170 Å². The molecule has 0 aliphatic carbocycles. The summed E-state index contributed by atoms with van der Waals surface area (Å²) in [5, 5.41) is 4.18. The highest BCUT2D eigenvalue weighted by molar-refractivity contribution is 6.31. The fourth-order valence-corrected chi connectivity index (χ4v) is 3.93. The molecule has 1 aliphatic heterocycles. The SMILES string of the molecule is Cc1cccc(C)c1CC1CNc2ccc(Cl)cc2C(c2ccc(F)cc2)=N1. The molecule has 2 nitrogen and oxygen atoms in total. The molecule has 1 heterocycles. The van der Waals surface area contributed by atoms with Crippen LogP contribution < -0.4 is 5.32 Å². The zero-order valence-electron chi connectivity index (χ0n) is 16.0. The lowest BCUT2D eigenvalue weighted by Crippen LogP contribution is -2.21. The lowest BCUT2D eigenvalue weighted by molar-refractivity contribution is 0.627. The van der Waals surface area contributed by atoms with Crippen molar-refractivity contribution in [3.8, 4) is 0 Å². The third kappa shape index (κ3) is 3.81. The molecule has 1 unspecified atom stereocenters. The van der Waals surface area contributed by atoms with Gasteiger partial charge in [0.25, 0.3) is 0 Å². The molecule has 1 aliphatic rings. The van der Waals surface area contributed by atoms with E-state index in [1.54, 1.807) is 12.1 Å². The predicted octanol–water partition coefficient (Wildman–Crippen LogP) is 5.97. The highest BCUT2D eigenvalue weighted by atomic mass is 35.5. The van der Waals surface area contributed by atoms with Crippen molar-refractivity contribution in [1.29, 1.82) is 0 Å². The number of fused-ring (bicyclic) bond motifs is 1. The fraction of sp³-hybridized carbons (Fsp3) is 0.208. The van der Waals surface area contributed by atoms with Gasteiger partial charge in [0.1, 0.15) is 5.82 Å². The standard InChI is InChI=1S/C24H22ClFN2/c1-15-4-3-5-16(2)21(15)13-20-14-27-23-11-8-18(25)12-22(23)24(28-20)17-6-9-19(26)10-7-17/h3-12,20,27H,13-14H2,1-2H3.